The minimum absolute atomic E-state index is 0.177. The van der Waals surface area contributed by atoms with Crippen molar-refractivity contribution in [2.24, 2.45) is 0 Å². The van der Waals surface area contributed by atoms with Crippen LogP contribution in [-0.4, -0.2) is 41.5 Å². The predicted octanol–water partition coefficient (Wildman–Crippen LogP) is 1.95. The zero-order valence-electron chi connectivity index (χ0n) is 15.4. The number of amides is 2. The van der Waals surface area contributed by atoms with Crippen LogP contribution in [0.4, 0.5) is 0 Å². The lowest BCUT2D eigenvalue weighted by atomic mass is 10.1. The van der Waals surface area contributed by atoms with Gasteiger partial charge < -0.3 is 15.4 Å². The number of hydrogen-bond acceptors (Lipinski definition) is 4. The summed E-state index contributed by atoms with van der Waals surface area (Å²) in [6.45, 7) is 3.16. The molecule has 0 saturated heterocycles. The average Bonchev–Trinajstić information content (AvgIpc) is 3.07. The Hall–Kier alpha value is -3.19. The summed E-state index contributed by atoms with van der Waals surface area (Å²) < 4.78 is 6.56. The second kappa shape index (κ2) is 8.46. The van der Waals surface area contributed by atoms with E-state index in [0.717, 1.165) is 11.1 Å². The minimum Gasteiger partial charge on any atom is -0.383 e. The van der Waals surface area contributed by atoms with Crippen molar-refractivity contribution < 1.29 is 14.3 Å². The van der Waals surface area contributed by atoms with E-state index in [2.05, 4.69) is 15.6 Å². The molecule has 3 aromatic rings. The number of fused-ring (bicyclic) bond motifs is 1. The summed E-state index contributed by atoms with van der Waals surface area (Å²) in [4.78, 5) is 29.4. The summed E-state index contributed by atoms with van der Waals surface area (Å²) in [5.74, 6) is -0.500. The van der Waals surface area contributed by atoms with Crippen molar-refractivity contribution in [1.29, 1.82) is 0 Å². The number of nitrogens with zero attached hydrogens (tertiary/aromatic N) is 2. The molecule has 1 aromatic carbocycles. The number of methoxy groups -OCH3 is 1. The predicted molar refractivity (Wildman–Crippen MR) is 102 cm³/mol. The lowest BCUT2D eigenvalue weighted by Crippen LogP contribution is -2.28. The molecule has 3 rings (SSSR count). The van der Waals surface area contributed by atoms with Crippen LogP contribution in [0.5, 0.6) is 0 Å². The SMILES string of the molecule is COCCNC(=O)c1nc(C(=O)NCc2ccccc2C)n2ccccc12. The second-order valence-electron chi connectivity index (χ2n) is 6.10. The number of ether oxygens (including phenoxy) is 1. The van der Waals surface area contributed by atoms with Gasteiger partial charge in [0.15, 0.2) is 5.69 Å². The molecule has 0 spiro atoms. The molecule has 0 aliphatic rings. The smallest absolute Gasteiger partial charge is 0.287 e. The van der Waals surface area contributed by atoms with Crippen molar-refractivity contribution in [3.63, 3.8) is 0 Å². The number of aryl methyl sites for hydroxylation is 1. The quantitative estimate of drug-likeness (QED) is 0.626. The molecule has 2 amide bonds. The molecule has 0 fully saturated rings. The van der Waals surface area contributed by atoms with Crippen LogP contribution in [0, 0.1) is 6.92 Å². The van der Waals surface area contributed by atoms with Crippen LogP contribution in [0.2, 0.25) is 0 Å². The molecule has 2 aromatic heterocycles. The van der Waals surface area contributed by atoms with Gasteiger partial charge in [-0.15, -0.1) is 0 Å². The van der Waals surface area contributed by atoms with Gasteiger partial charge in [0, 0.05) is 26.4 Å². The molecule has 0 aliphatic carbocycles. The van der Waals surface area contributed by atoms with Gasteiger partial charge in [-0.3, -0.25) is 14.0 Å². The van der Waals surface area contributed by atoms with Crippen LogP contribution in [0.25, 0.3) is 5.52 Å². The summed E-state index contributed by atoms with van der Waals surface area (Å²) in [6.07, 6.45) is 1.72. The zero-order valence-corrected chi connectivity index (χ0v) is 15.4. The van der Waals surface area contributed by atoms with Gasteiger partial charge in [0.2, 0.25) is 5.82 Å². The Morgan fingerprint density at radius 3 is 2.63 bits per heavy atom. The first-order chi connectivity index (χ1) is 13.1. The molecule has 2 N–H and O–H groups in total. The molecule has 0 atom stereocenters. The first-order valence-corrected chi connectivity index (χ1v) is 8.68. The Labute approximate surface area is 157 Å². The van der Waals surface area contributed by atoms with Crippen LogP contribution in [-0.2, 0) is 11.3 Å². The number of carbonyl (C=O) groups excluding carboxylic acids is 2. The fourth-order valence-electron chi connectivity index (χ4n) is 2.78. The Balaban J connectivity index is 1.82. The highest BCUT2D eigenvalue weighted by Gasteiger charge is 2.21. The lowest BCUT2D eigenvalue weighted by molar-refractivity contribution is 0.0934. The molecule has 140 valence electrons. The largest absolute Gasteiger partial charge is 0.383 e. The minimum atomic E-state index is -0.339. The standard InChI is InChI=1S/C20H22N4O3/c1-14-7-3-4-8-15(14)13-22-20(26)18-23-17(19(25)21-10-12-27-2)16-9-5-6-11-24(16)18/h3-9,11H,10,12-13H2,1-2H3,(H,21,25)(H,22,26). The molecule has 0 saturated carbocycles. The van der Waals surface area contributed by atoms with Crippen molar-refractivity contribution in [2.45, 2.75) is 13.5 Å². The molecule has 0 bridgehead atoms. The lowest BCUT2D eigenvalue weighted by Gasteiger charge is -2.07. The number of nitrogens with one attached hydrogen (secondary N) is 2. The summed E-state index contributed by atoms with van der Waals surface area (Å²) in [6, 6.07) is 13.2. The van der Waals surface area contributed by atoms with Gasteiger partial charge in [-0.2, -0.15) is 0 Å². The maximum absolute atomic E-state index is 12.7. The summed E-state index contributed by atoms with van der Waals surface area (Å²) in [5, 5.41) is 5.62. The molecule has 0 aliphatic heterocycles. The molecule has 0 unspecified atom stereocenters. The molecule has 27 heavy (non-hydrogen) atoms. The van der Waals surface area contributed by atoms with E-state index in [-0.39, 0.29) is 23.3 Å². The van der Waals surface area contributed by atoms with Crippen molar-refractivity contribution in [2.75, 3.05) is 20.3 Å². The number of benzene rings is 1. The third-order valence-electron chi connectivity index (χ3n) is 4.26. The zero-order chi connectivity index (χ0) is 19.2. The van der Waals surface area contributed by atoms with E-state index in [9.17, 15) is 9.59 Å². The first kappa shape index (κ1) is 18.6. The number of carbonyl (C=O) groups is 2. The molecule has 2 heterocycles. The van der Waals surface area contributed by atoms with E-state index in [1.165, 1.54) is 0 Å². The third kappa shape index (κ3) is 4.15. The van der Waals surface area contributed by atoms with E-state index >= 15 is 0 Å². The summed E-state index contributed by atoms with van der Waals surface area (Å²) in [5.41, 5.74) is 2.93. The molecular formula is C20H22N4O3. The maximum atomic E-state index is 12.7. The van der Waals surface area contributed by atoms with Gasteiger partial charge in [-0.05, 0) is 30.2 Å². The average molecular weight is 366 g/mol. The fraction of sp³-hybridized carbons (Fsp3) is 0.250. The highest BCUT2D eigenvalue weighted by Crippen LogP contribution is 2.14. The number of imidazole rings is 1. The second-order valence-corrected chi connectivity index (χ2v) is 6.10. The van der Waals surface area contributed by atoms with Crippen LogP contribution in [0.1, 0.15) is 32.2 Å². The normalized spacial score (nSPS) is 10.7. The third-order valence-corrected chi connectivity index (χ3v) is 4.26. The Morgan fingerprint density at radius 2 is 1.85 bits per heavy atom. The van der Waals surface area contributed by atoms with Crippen molar-refractivity contribution in [3.8, 4) is 0 Å². The first-order valence-electron chi connectivity index (χ1n) is 8.68. The van der Waals surface area contributed by atoms with Gasteiger partial charge in [-0.1, -0.05) is 30.3 Å². The van der Waals surface area contributed by atoms with E-state index in [1.807, 2.05) is 31.2 Å². The molecular weight excluding hydrogens is 344 g/mol. The number of rotatable bonds is 7. The number of pyridine rings is 1. The Kier molecular flexibility index (Phi) is 5.83. The van der Waals surface area contributed by atoms with E-state index in [4.69, 9.17) is 4.74 Å². The number of aromatic nitrogens is 2. The fourth-order valence-corrected chi connectivity index (χ4v) is 2.78. The van der Waals surface area contributed by atoms with E-state index < -0.39 is 0 Å². The molecule has 0 radical (unpaired) electrons. The number of hydrogen-bond donors (Lipinski definition) is 2. The van der Waals surface area contributed by atoms with Crippen molar-refractivity contribution in [3.05, 3.63) is 71.3 Å². The Bertz CT molecular complexity index is 965. The molecule has 7 heteroatoms. The van der Waals surface area contributed by atoms with E-state index in [1.54, 1.807) is 35.9 Å². The highest BCUT2D eigenvalue weighted by molar-refractivity contribution is 6.02. The molecule has 7 nitrogen and oxygen atoms in total. The van der Waals surface area contributed by atoms with Crippen LogP contribution in [0.15, 0.2) is 48.7 Å². The highest BCUT2D eigenvalue weighted by atomic mass is 16.5. The van der Waals surface area contributed by atoms with Gasteiger partial charge in [0.1, 0.15) is 0 Å². The van der Waals surface area contributed by atoms with Crippen molar-refractivity contribution in [1.82, 2.24) is 20.0 Å². The van der Waals surface area contributed by atoms with Gasteiger partial charge >= 0.3 is 0 Å². The van der Waals surface area contributed by atoms with Crippen LogP contribution >= 0.6 is 0 Å². The van der Waals surface area contributed by atoms with Gasteiger partial charge in [0.25, 0.3) is 11.8 Å². The summed E-state index contributed by atoms with van der Waals surface area (Å²) in [7, 11) is 1.56. The maximum Gasteiger partial charge on any atom is 0.287 e. The van der Waals surface area contributed by atoms with Gasteiger partial charge in [-0.25, -0.2) is 4.98 Å². The van der Waals surface area contributed by atoms with Gasteiger partial charge in [0.05, 0.1) is 12.1 Å². The summed E-state index contributed by atoms with van der Waals surface area (Å²) >= 11 is 0. The van der Waals surface area contributed by atoms with Crippen LogP contribution < -0.4 is 10.6 Å². The van der Waals surface area contributed by atoms with Crippen LogP contribution in [0.3, 0.4) is 0 Å². The van der Waals surface area contributed by atoms with Crippen molar-refractivity contribution >= 4 is 17.3 Å². The van der Waals surface area contributed by atoms with E-state index in [0.29, 0.717) is 25.2 Å². The Morgan fingerprint density at radius 1 is 1.07 bits per heavy atom. The topological polar surface area (TPSA) is 84.7 Å². The monoisotopic (exact) mass is 366 g/mol.